The molecule has 7 nitrogen and oxygen atoms in total. The maximum Gasteiger partial charge on any atom is 0.251 e. The average molecular weight is 413 g/mol. The van der Waals surface area contributed by atoms with Gasteiger partial charge in [0.05, 0.1) is 14.2 Å². The Morgan fingerprint density at radius 1 is 0.933 bits per heavy atom. The van der Waals surface area contributed by atoms with Gasteiger partial charge < -0.3 is 25.4 Å². The number of guanidine groups is 1. The zero-order valence-electron chi connectivity index (χ0n) is 18.2. The molecule has 7 heteroatoms. The first kappa shape index (κ1) is 23.1. The van der Waals surface area contributed by atoms with Crippen LogP contribution in [0.3, 0.4) is 0 Å². The van der Waals surface area contributed by atoms with Gasteiger partial charge >= 0.3 is 0 Å². The first-order valence-corrected chi connectivity index (χ1v) is 10.1. The lowest BCUT2D eigenvalue weighted by Gasteiger charge is -2.15. The summed E-state index contributed by atoms with van der Waals surface area (Å²) < 4.78 is 10.4. The highest BCUT2D eigenvalue weighted by Gasteiger charge is 2.08. The van der Waals surface area contributed by atoms with Crippen molar-refractivity contribution in [3.8, 4) is 11.5 Å². The van der Waals surface area contributed by atoms with E-state index >= 15 is 0 Å². The van der Waals surface area contributed by atoms with Crippen molar-refractivity contribution in [2.45, 2.75) is 19.3 Å². The van der Waals surface area contributed by atoms with Gasteiger partial charge in [0.15, 0.2) is 5.96 Å². The van der Waals surface area contributed by atoms with E-state index in [2.05, 4.69) is 40.0 Å². The third kappa shape index (κ3) is 7.31. The molecule has 0 aromatic heterocycles. The van der Waals surface area contributed by atoms with E-state index in [1.807, 2.05) is 18.2 Å². The smallest absolute Gasteiger partial charge is 0.251 e. The quantitative estimate of drug-likeness (QED) is 0.318. The summed E-state index contributed by atoms with van der Waals surface area (Å²) in [7, 11) is 4.99. The van der Waals surface area contributed by atoms with Crippen molar-refractivity contribution >= 4 is 11.9 Å². The number of aliphatic imine (C=N–C) groups is 1. The fourth-order valence-electron chi connectivity index (χ4n) is 2.95. The number of methoxy groups -OCH3 is 2. The van der Waals surface area contributed by atoms with Crippen LogP contribution in [0.4, 0.5) is 0 Å². The molecule has 1 atom stereocenters. The maximum atomic E-state index is 12.2. The van der Waals surface area contributed by atoms with E-state index in [0.29, 0.717) is 36.3 Å². The van der Waals surface area contributed by atoms with Gasteiger partial charge in [-0.3, -0.25) is 9.79 Å². The second-order valence-corrected chi connectivity index (χ2v) is 6.88. The third-order valence-corrected chi connectivity index (χ3v) is 4.81. The second kappa shape index (κ2) is 12.4. The Kier molecular flexibility index (Phi) is 9.51. The molecular formula is C23H32N4O3. The van der Waals surface area contributed by atoms with Crippen molar-refractivity contribution in [2.75, 3.05) is 40.9 Å². The fourth-order valence-corrected chi connectivity index (χ4v) is 2.95. The Labute approximate surface area is 178 Å². The van der Waals surface area contributed by atoms with Crippen LogP contribution in [-0.2, 0) is 0 Å². The Morgan fingerprint density at radius 2 is 1.60 bits per heavy atom. The van der Waals surface area contributed by atoms with Crippen molar-refractivity contribution in [3.05, 3.63) is 59.7 Å². The van der Waals surface area contributed by atoms with Crippen LogP contribution >= 0.6 is 0 Å². The molecule has 3 N–H and O–H groups in total. The predicted octanol–water partition coefficient (Wildman–Crippen LogP) is 2.79. The first-order chi connectivity index (χ1) is 14.6. The minimum atomic E-state index is -0.132. The highest BCUT2D eigenvalue weighted by Crippen LogP contribution is 2.21. The second-order valence-electron chi connectivity index (χ2n) is 6.88. The van der Waals surface area contributed by atoms with E-state index in [-0.39, 0.29) is 5.91 Å². The molecule has 1 unspecified atom stereocenters. The molecule has 0 bridgehead atoms. The number of amides is 1. The van der Waals surface area contributed by atoms with E-state index < -0.39 is 0 Å². The summed E-state index contributed by atoms with van der Waals surface area (Å²) in [5.41, 5.74) is 1.85. The molecule has 1 amide bonds. The Bertz CT molecular complexity index is 821. The number of nitrogens with zero attached hydrogens (tertiary/aromatic N) is 1. The van der Waals surface area contributed by atoms with Gasteiger partial charge in [-0.25, -0.2) is 0 Å². The van der Waals surface area contributed by atoms with Crippen LogP contribution in [0.15, 0.2) is 53.5 Å². The highest BCUT2D eigenvalue weighted by molar-refractivity contribution is 5.94. The number of benzene rings is 2. The van der Waals surface area contributed by atoms with E-state index in [1.54, 1.807) is 39.5 Å². The number of carbonyl (C=O) groups excluding carboxylic acids is 1. The van der Waals surface area contributed by atoms with E-state index in [9.17, 15) is 4.79 Å². The van der Waals surface area contributed by atoms with Gasteiger partial charge in [-0.2, -0.15) is 0 Å². The molecule has 2 aromatic carbocycles. The Morgan fingerprint density at radius 3 is 2.27 bits per heavy atom. The molecule has 0 aliphatic heterocycles. The maximum absolute atomic E-state index is 12.2. The summed E-state index contributed by atoms with van der Waals surface area (Å²) >= 11 is 0. The van der Waals surface area contributed by atoms with Gasteiger partial charge in [-0.05, 0) is 48.2 Å². The van der Waals surface area contributed by atoms with Crippen molar-refractivity contribution in [1.29, 1.82) is 0 Å². The third-order valence-electron chi connectivity index (χ3n) is 4.81. The van der Waals surface area contributed by atoms with Gasteiger partial charge in [0.2, 0.25) is 0 Å². The number of hydrogen-bond donors (Lipinski definition) is 3. The van der Waals surface area contributed by atoms with Crippen LogP contribution in [-0.4, -0.2) is 52.8 Å². The fraction of sp³-hybridized carbons (Fsp3) is 0.391. The highest BCUT2D eigenvalue weighted by atomic mass is 16.5. The standard InChI is InChI=1S/C23H32N4O3/c1-17(18-8-10-20(29-3)11-9-18)12-13-26-23(24-2)27-15-14-25-22(28)19-6-5-7-21(16-19)30-4/h5-11,16-17H,12-15H2,1-4H3,(H,25,28)(H2,24,26,27). The summed E-state index contributed by atoms with van der Waals surface area (Å²) in [4.78, 5) is 16.4. The largest absolute Gasteiger partial charge is 0.497 e. The van der Waals surface area contributed by atoms with E-state index in [0.717, 1.165) is 18.7 Å². The van der Waals surface area contributed by atoms with Crippen LogP contribution in [0.25, 0.3) is 0 Å². The summed E-state index contributed by atoms with van der Waals surface area (Å²) in [6.45, 7) is 4.05. The molecule has 0 spiro atoms. The van der Waals surface area contributed by atoms with Gasteiger partial charge in [-0.1, -0.05) is 25.1 Å². The van der Waals surface area contributed by atoms with Crippen molar-refractivity contribution in [2.24, 2.45) is 4.99 Å². The molecule has 0 aliphatic carbocycles. The lowest BCUT2D eigenvalue weighted by Crippen LogP contribution is -2.42. The summed E-state index contributed by atoms with van der Waals surface area (Å²) in [5.74, 6) is 2.53. The molecule has 2 aromatic rings. The summed E-state index contributed by atoms with van der Waals surface area (Å²) in [5, 5.41) is 9.41. The molecule has 2 rings (SSSR count). The monoisotopic (exact) mass is 412 g/mol. The van der Waals surface area contributed by atoms with Crippen LogP contribution in [0, 0.1) is 0 Å². The molecule has 162 valence electrons. The number of hydrogen-bond acceptors (Lipinski definition) is 4. The van der Waals surface area contributed by atoms with Crippen molar-refractivity contribution < 1.29 is 14.3 Å². The van der Waals surface area contributed by atoms with Gasteiger partial charge in [0.1, 0.15) is 11.5 Å². The number of ether oxygens (including phenoxy) is 2. The molecular weight excluding hydrogens is 380 g/mol. The van der Waals surface area contributed by atoms with Crippen LogP contribution in [0.2, 0.25) is 0 Å². The molecule has 0 heterocycles. The molecule has 0 saturated heterocycles. The lowest BCUT2D eigenvalue weighted by molar-refractivity contribution is 0.0954. The SMILES string of the molecule is CN=C(NCCNC(=O)c1cccc(OC)c1)NCCC(C)c1ccc(OC)cc1. The summed E-state index contributed by atoms with van der Waals surface area (Å²) in [6.07, 6.45) is 0.972. The number of nitrogens with one attached hydrogen (secondary N) is 3. The zero-order chi connectivity index (χ0) is 21.8. The number of rotatable bonds is 10. The van der Waals surface area contributed by atoms with Crippen molar-refractivity contribution in [3.63, 3.8) is 0 Å². The molecule has 0 aliphatic rings. The van der Waals surface area contributed by atoms with Crippen LogP contribution in [0.1, 0.15) is 35.2 Å². The predicted molar refractivity (Wildman–Crippen MR) is 121 cm³/mol. The van der Waals surface area contributed by atoms with Gasteiger partial charge in [0, 0.05) is 32.2 Å². The van der Waals surface area contributed by atoms with Crippen LogP contribution in [0.5, 0.6) is 11.5 Å². The lowest BCUT2D eigenvalue weighted by atomic mass is 9.98. The van der Waals surface area contributed by atoms with Crippen molar-refractivity contribution in [1.82, 2.24) is 16.0 Å². The molecule has 30 heavy (non-hydrogen) atoms. The molecule has 0 fully saturated rings. The van der Waals surface area contributed by atoms with Crippen LogP contribution < -0.4 is 25.4 Å². The minimum absolute atomic E-state index is 0.132. The van der Waals surface area contributed by atoms with E-state index in [4.69, 9.17) is 9.47 Å². The molecule has 0 saturated carbocycles. The topological polar surface area (TPSA) is 84.0 Å². The zero-order valence-corrected chi connectivity index (χ0v) is 18.2. The van der Waals surface area contributed by atoms with Gasteiger partial charge in [0.25, 0.3) is 5.91 Å². The van der Waals surface area contributed by atoms with E-state index in [1.165, 1.54) is 5.56 Å². The average Bonchev–Trinajstić information content (AvgIpc) is 2.80. The first-order valence-electron chi connectivity index (χ1n) is 10.1. The summed E-state index contributed by atoms with van der Waals surface area (Å²) in [6, 6.07) is 15.2. The Balaban J connectivity index is 1.67. The normalized spacial score (nSPS) is 12.1. The molecule has 0 radical (unpaired) electrons. The minimum Gasteiger partial charge on any atom is -0.497 e. The Hall–Kier alpha value is -3.22. The number of carbonyl (C=O) groups is 1. The van der Waals surface area contributed by atoms with Gasteiger partial charge in [-0.15, -0.1) is 0 Å².